The van der Waals surface area contributed by atoms with E-state index in [0.717, 1.165) is 5.57 Å². The predicted molar refractivity (Wildman–Crippen MR) is 72.0 cm³/mol. The van der Waals surface area contributed by atoms with Crippen LogP contribution in [-0.4, -0.2) is 24.0 Å². The third-order valence-electron chi connectivity index (χ3n) is 2.31. The van der Waals surface area contributed by atoms with Gasteiger partial charge in [0.25, 0.3) is 5.69 Å². The van der Waals surface area contributed by atoms with E-state index in [1.54, 1.807) is 32.0 Å². The Hall–Kier alpha value is -2.37. The molecule has 6 heteroatoms. The number of rotatable bonds is 6. The SMILES string of the molecule is CCOC(=O)/C=C(\C)CNc1ccccc1[N+](=O)[O-]. The molecule has 0 amide bonds. The molecule has 0 saturated heterocycles. The summed E-state index contributed by atoms with van der Waals surface area (Å²) in [4.78, 5) is 21.6. The molecule has 1 aromatic carbocycles. The average Bonchev–Trinajstić information content (AvgIpc) is 2.36. The maximum Gasteiger partial charge on any atom is 0.330 e. The summed E-state index contributed by atoms with van der Waals surface area (Å²) >= 11 is 0. The van der Waals surface area contributed by atoms with Crippen LogP contribution in [0.5, 0.6) is 0 Å². The van der Waals surface area contributed by atoms with Gasteiger partial charge in [0.2, 0.25) is 0 Å². The maximum atomic E-state index is 11.2. The van der Waals surface area contributed by atoms with Gasteiger partial charge in [-0.15, -0.1) is 0 Å². The minimum Gasteiger partial charge on any atom is -0.463 e. The molecule has 1 aromatic rings. The number of benzene rings is 1. The van der Waals surface area contributed by atoms with Gasteiger partial charge < -0.3 is 10.1 Å². The quantitative estimate of drug-likeness (QED) is 0.369. The smallest absolute Gasteiger partial charge is 0.330 e. The molecule has 0 saturated carbocycles. The van der Waals surface area contributed by atoms with E-state index in [0.29, 0.717) is 18.8 Å². The van der Waals surface area contributed by atoms with Crippen LogP contribution < -0.4 is 5.32 Å². The van der Waals surface area contributed by atoms with Crippen molar-refractivity contribution in [2.45, 2.75) is 13.8 Å². The fraction of sp³-hybridized carbons (Fsp3) is 0.308. The number of nitrogens with one attached hydrogen (secondary N) is 1. The van der Waals surface area contributed by atoms with Crippen molar-refractivity contribution < 1.29 is 14.5 Å². The molecule has 0 aliphatic rings. The summed E-state index contributed by atoms with van der Waals surface area (Å²) in [5.74, 6) is -0.413. The molecular weight excluding hydrogens is 248 g/mol. The standard InChI is InChI=1S/C13H16N2O4/c1-3-19-13(16)8-10(2)9-14-11-6-4-5-7-12(11)15(17)18/h4-8,14H,3,9H2,1-2H3/b10-8+. The molecule has 0 radical (unpaired) electrons. The molecule has 1 N–H and O–H groups in total. The van der Waals surface area contributed by atoms with Gasteiger partial charge in [-0.3, -0.25) is 10.1 Å². The number of para-hydroxylation sites is 2. The van der Waals surface area contributed by atoms with Crippen molar-refractivity contribution in [2.75, 3.05) is 18.5 Å². The highest BCUT2D eigenvalue weighted by atomic mass is 16.6. The van der Waals surface area contributed by atoms with Gasteiger partial charge >= 0.3 is 5.97 Å². The molecule has 0 aliphatic heterocycles. The summed E-state index contributed by atoms with van der Waals surface area (Å²) in [5, 5.41) is 13.7. The second kappa shape index (κ2) is 7.15. The van der Waals surface area contributed by atoms with Gasteiger partial charge in [-0.1, -0.05) is 12.1 Å². The van der Waals surface area contributed by atoms with Crippen LogP contribution in [0, 0.1) is 10.1 Å². The average molecular weight is 264 g/mol. The summed E-state index contributed by atoms with van der Waals surface area (Å²) in [6.07, 6.45) is 1.37. The number of nitro groups is 1. The number of hydrogen-bond acceptors (Lipinski definition) is 5. The molecule has 0 spiro atoms. The van der Waals surface area contributed by atoms with Crippen LogP contribution in [0.15, 0.2) is 35.9 Å². The Morgan fingerprint density at radius 2 is 2.16 bits per heavy atom. The number of hydrogen-bond donors (Lipinski definition) is 1. The minimum atomic E-state index is -0.452. The van der Waals surface area contributed by atoms with Crippen molar-refractivity contribution >= 4 is 17.3 Å². The second-order valence-electron chi connectivity index (χ2n) is 3.87. The van der Waals surface area contributed by atoms with Crippen LogP contribution in [0.2, 0.25) is 0 Å². The van der Waals surface area contributed by atoms with E-state index >= 15 is 0 Å². The Balaban J connectivity index is 2.67. The molecule has 0 fully saturated rings. The summed E-state index contributed by atoms with van der Waals surface area (Å²) in [5.41, 5.74) is 1.16. The maximum absolute atomic E-state index is 11.2. The monoisotopic (exact) mass is 264 g/mol. The second-order valence-corrected chi connectivity index (χ2v) is 3.87. The highest BCUT2D eigenvalue weighted by Crippen LogP contribution is 2.23. The molecule has 0 unspecified atom stereocenters. The summed E-state index contributed by atoms with van der Waals surface area (Å²) in [6, 6.07) is 6.35. The number of nitro benzene ring substituents is 1. The highest BCUT2D eigenvalue weighted by Gasteiger charge is 2.11. The summed E-state index contributed by atoms with van der Waals surface area (Å²) < 4.78 is 4.78. The molecule has 0 aromatic heterocycles. The van der Waals surface area contributed by atoms with Gasteiger partial charge in [-0.25, -0.2) is 4.79 Å². The highest BCUT2D eigenvalue weighted by molar-refractivity contribution is 5.82. The van der Waals surface area contributed by atoms with E-state index in [9.17, 15) is 14.9 Å². The van der Waals surface area contributed by atoms with Gasteiger partial charge in [0.05, 0.1) is 11.5 Å². The number of anilines is 1. The van der Waals surface area contributed by atoms with E-state index in [4.69, 9.17) is 4.74 Å². The van der Waals surface area contributed by atoms with Crippen molar-refractivity contribution in [3.8, 4) is 0 Å². The van der Waals surface area contributed by atoms with E-state index in [-0.39, 0.29) is 5.69 Å². The number of esters is 1. The number of carbonyl (C=O) groups excluding carboxylic acids is 1. The van der Waals surface area contributed by atoms with Crippen LogP contribution >= 0.6 is 0 Å². The third-order valence-corrected chi connectivity index (χ3v) is 2.31. The summed E-state index contributed by atoms with van der Waals surface area (Å²) in [6.45, 7) is 4.13. The Kier molecular flexibility index (Phi) is 5.53. The molecule has 0 atom stereocenters. The minimum absolute atomic E-state index is 0.00596. The van der Waals surface area contributed by atoms with Crippen LogP contribution in [-0.2, 0) is 9.53 Å². The lowest BCUT2D eigenvalue weighted by Crippen LogP contribution is -2.08. The molecular formula is C13H16N2O4. The Morgan fingerprint density at radius 3 is 2.79 bits per heavy atom. The van der Waals surface area contributed by atoms with E-state index < -0.39 is 10.9 Å². The third kappa shape index (κ3) is 4.79. The van der Waals surface area contributed by atoms with Crippen molar-refractivity contribution in [3.63, 3.8) is 0 Å². The fourth-order valence-corrected chi connectivity index (χ4v) is 1.45. The van der Waals surface area contributed by atoms with Gasteiger partial charge in [0, 0.05) is 18.7 Å². The molecule has 0 aliphatic carbocycles. The van der Waals surface area contributed by atoms with E-state index in [2.05, 4.69) is 5.32 Å². The zero-order chi connectivity index (χ0) is 14.3. The lowest BCUT2D eigenvalue weighted by atomic mass is 10.2. The van der Waals surface area contributed by atoms with Crippen LogP contribution in [0.25, 0.3) is 0 Å². The fourth-order valence-electron chi connectivity index (χ4n) is 1.45. The normalized spacial score (nSPS) is 10.9. The molecule has 0 bridgehead atoms. The molecule has 1 rings (SSSR count). The molecule has 6 nitrogen and oxygen atoms in total. The van der Waals surface area contributed by atoms with Gasteiger partial charge in [0.15, 0.2) is 0 Å². The number of carbonyl (C=O) groups is 1. The predicted octanol–water partition coefficient (Wildman–Crippen LogP) is 2.52. The van der Waals surface area contributed by atoms with Gasteiger partial charge in [-0.2, -0.15) is 0 Å². The number of ether oxygens (including phenoxy) is 1. The molecule has 0 heterocycles. The first kappa shape index (κ1) is 14.7. The van der Waals surface area contributed by atoms with Crippen molar-refractivity contribution in [1.29, 1.82) is 0 Å². The Labute approximate surface area is 111 Å². The number of nitrogens with zero attached hydrogens (tertiary/aromatic N) is 1. The van der Waals surface area contributed by atoms with E-state index in [1.807, 2.05) is 0 Å². The van der Waals surface area contributed by atoms with Crippen molar-refractivity contribution in [3.05, 3.63) is 46.0 Å². The zero-order valence-corrected chi connectivity index (χ0v) is 10.9. The van der Waals surface area contributed by atoms with Crippen LogP contribution in [0.4, 0.5) is 11.4 Å². The van der Waals surface area contributed by atoms with Crippen LogP contribution in [0.3, 0.4) is 0 Å². The van der Waals surface area contributed by atoms with Crippen molar-refractivity contribution in [2.24, 2.45) is 0 Å². The topological polar surface area (TPSA) is 81.5 Å². The van der Waals surface area contributed by atoms with E-state index in [1.165, 1.54) is 12.1 Å². The summed E-state index contributed by atoms with van der Waals surface area (Å²) in [7, 11) is 0. The van der Waals surface area contributed by atoms with Gasteiger partial charge in [0.1, 0.15) is 5.69 Å². The molecule has 19 heavy (non-hydrogen) atoms. The molecule has 102 valence electrons. The zero-order valence-electron chi connectivity index (χ0n) is 10.9. The first-order chi connectivity index (χ1) is 9.04. The Morgan fingerprint density at radius 1 is 1.47 bits per heavy atom. The largest absolute Gasteiger partial charge is 0.463 e. The lowest BCUT2D eigenvalue weighted by molar-refractivity contribution is -0.383. The first-order valence-corrected chi connectivity index (χ1v) is 5.85. The van der Waals surface area contributed by atoms with Crippen molar-refractivity contribution in [1.82, 2.24) is 0 Å². The lowest BCUT2D eigenvalue weighted by Gasteiger charge is -2.07. The first-order valence-electron chi connectivity index (χ1n) is 5.85. The Bertz CT molecular complexity index is 497. The van der Waals surface area contributed by atoms with Gasteiger partial charge in [-0.05, 0) is 25.5 Å². The van der Waals surface area contributed by atoms with Crippen LogP contribution in [0.1, 0.15) is 13.8 Å².